The first-order valence-electron chi connectivity index (χ1n) is 3.43. The van der Waals surface area contributed by atoms with Crippen molar-refractivity contribution in [1.29, 1.82) is 0 Å². The monoisotopic (exact) mass is 193 g/mol. The number of hydrogen-bond donors (Lipinski definition) is 1. The second-order valence-electron chi connectivity index (χ2n) is 2.30. The van der Waals surface area contributed by atoms with E-state index in [9.17, 15) is 14.4 Å². The van der Waals surface area contributed by atoms with Gasteiger partial charge in [0, 0.05) is 12.3 Å². The average Bonchev–Trinajstić information content (AvgIpc) is 2.03. The normalized spacial score (nSPS) is 15.9. The maximum atomic E-state index is 11.0. The number of amides is 1. The van der Waals surface area contributed by atoms with Gasteiger partial charge in [-0.1, -0.05) is 0 Å². The zero-order valence-corrected chi connectivity index (χ0v) is 9.55. The Kier molecular flexibility index (Phi) is 5.05. The molecule has 0 aromatic rings. The standard InChI is InChI=1S/C7H8NO4.Na/c1-12-7(11)5-4(9)2-3-8-6(5)10;/h2-3H2,1H3,(H,8,10);/q-1;+1. The Morgan fingerprint density at radius 2 is 2.15 bits per heavy atom. The minimum absolute atomic E-state index is 0. The van der Waals surface area contributed by atoms with Gasteiger partial charge in [-0.15, -0.1) is 5.92 Å². The molecule has 5 nitrogen and oxygen atoms in total. The number of ether oxygens (including phenoxy) is 1. The molecule has 0 unspecified atom stereocenters. The number of hydrogen-bond acceptors (Lipinski definition) is 4. The molecule has 6 heteroatoms. The van der Waals surface area contributed by atoms with Crippen LogP contribution in [0.15, 0.2) is 0 Å². The first-order chi connectivity index (χ1) is 5.66. The van der Waals surface area contributed by atoms with Crippen LogP contribution in [0.2, 0.25) is 0 Å². The smallest absolute Gasteiger partial charge is 0.490 e. The molecule has 1 amide bonds. The summed E-state index contributed by atoms with van der Waals surface area (Å²) in [6.45, 7) is 0.290. The van der Waals surface area contributed by atoms with Crippen LogP contribution in [0, 0.1) is 5.92 Å². The maximum absolute atomic E-state index is 11.0. The third-order valence-electron chi connectivity index (χ3n) is 1.53. The van der Waals surface area contributed by atoms with Crippen LogP contribution < -0.4 is 34.9 Å². The van der Waals surface area contributed by atoms with Gasteiger partial charge in [0.2, 0.25) is 0 Å². The van der Waals surface area contributed by atoms with Gasteiger partial charge in [0.05, 0.1) is 7.11 Å². The Morgan fingerprint density at radius 3 is 2.62 bits per heavy atom. The molecule has 1 N–H and O–H groups in total. The van der Waals surface area contributed by atoms with Gasteiger partial charge in [-0.05, 0) is 6.42 Å². The Hall–Kier alpha value is -0.520. The number of rotatable bonds is 1. The first-order valence-corrected chi connectivity index (χ1v) is 3.43. The largest absolute Gasteiger partial charge is 1.00 e. The molecule has 1 heterocycles. The predicted octanol–water partition coefficient (Wildman–Crippen LogP) is -4.17. The van der Waals surface area contributed by atoms with Crippen molar-refractivity contribution in [2.24, 2.45) is 0 Å². The van der Waals surface area contributed by atoms with E-state index in [1.807, 2.05) is 0 Å². The molecule has 66 valence electrons. The maximum Gasteiger partial charge on any atom is 1.00 e. The molecule has 0 aromatic carbocycles. The molecule has 0 saturated carbocycles. The van der Waals surface area contributed by atoms with Gasteiger partial charge in [0.1, 0.15) is 5.91 Å². The van der Waals surface area contributed by atoms with Crippen LogP contribution >= 0.6 is 0 Å². The minimum atomic E-state index is -0.864. The van der Waals surface area contributed by atoms with Gasteiger partial charge in [0.25, 0.3) is 0 Å². The Balaban J connectivity index is 0.00000144. The molecule has 0 aliphatic carbocycles. The summed E-state index contributed by atoms with van der Waals surface area (Å²) in [5.41, 5.74) is 0. The summed E-state index contributed by atoms with van der Waals surface area (Å²) in [5.74, 6) is -2.36. The SMILES string of the molecule is COC(=O)[C-]1C(=O)CCNC1=O.[Na+]. The fourth-order valence-electron chi connectivity index (χ4n) is 0.938. The van der Waals surface area contributed by atoms with Crippen LogP contribution in [0.4, 0.5) is 0 Å². The third kappa shape index (κ3) is 2.72. The third-order valence-corrected chi connectivity index (χ3v) is 1.53. The number of methoxy groups -OCH3 is 1. The van der Waals surface area contributed by atoms with E-state index in [0.29, 0.717) is 0 Å². The van der Waals surface area contributed by atoms with Crippen LogP contribution in [0.5, 0.6) is 0 Å². The summed E-state index contributed by atoms with van der Waals surface area (Å²) in [6.07, 6.45) is 0.163. The molecule has 0 radical (unpaired) electrons. The van der Waals surface area contributed by atoms with Crippen LogP contribution in [-0.2, 0) is 19.1 Å². The van der Waals surface area contributed by atoms with Crippen LogP contribution in [-0.4, -0.2) is 31.3 Å². The molecule has 13 heavy (non-hydrogen) atoms. The van der Waals surface area contributed by atoms with E-state index in [1.54, 1.807) is 0 Å². The van der Waals surface area contributed by atoms with Crippen molar-refractivity contribution in [3.05, 3.63) is 5.92 Å². The van der Waals surface area contributed by atoms with E-state index in [4.69, 9.17) is 0 Å². The summed E-state index contributed by atoms with van der Waals surface area (Å²) >= 11 is 0. The van der Waals surface area contributed by atoms with Crippen molar-refractivity contribution >= 4 is 17.7 Å². The first kappa shape index (κ1) is 12.5. The molecular formula is C7H8NNaO4. The van der Waals surface area contributed by atoms with E-state index in [-0.39, 0.29) is 42.5 Å². The zero-order chi connectivity index (χ0) is 9.14. The van der Waals surface area contributed by atoms with E-state index in [0.717, 1.165) is 7.11 Å². The Bertz CT molecular complexity index is 214. The van der Waals surface area contributed by atoms with Crippen molar-refractivity contribution in [1.82, 2.24) is 5.32 Å². The number of ketones is 1. The summed E-state index contributed by atoms with van der Waals surface area (Å²) in [7, 11) is 1.13. The van der Waals surface area contributed by atoms with E-state index >= 15 is 0 Å². The van der Waals surface area contributed by atoms with Crippen molar-refractivity contribution in [2.45, 2.75) is 6.42 Å². The number of esters is 1. The molecule has 1 aliphatic rings. The van der Waals surface area contributed by atoms with Crippen LogP contribution in [0.25, 0.3) is 0 Å². The number of nitrogens with one attached hydrogen (secondary N) is 1. The Labute approximate surface area is 97.5 Å². The van der Waals surface area contributed by atoms with Gasteiger partial charge in [-0.2, -0.15) is 0 Å². The fraction of sp³-hybridized carbons (Fsp3) is 0.429. The van der Waals surface area contributed by atoms with Crippen molar-refractivity contribution < 1.29 is 48.7 Å². The number of piperidine rings is 1. The Morgan fingerprint density at radius 1 is 1.54 bits per heavy atom. The molecule has 0 spiro atoms. The summed E-state index contributed by atoms with van der Waals surface area (Å²) in [4.78, 5) is 32.8. The predicted molar refractivity (Wildman–Crippen MR) is 37.9 cm³/mol. The quantitative estimate of drug-likeness (QED) is 0.260. The summed E-state index contributed by atoms with van der Waals surface area (Å²) < 4.78 is 4.27. The van der Waals surface area contributed by atoms with Gasteiger partial charge in [-0.25, -0.2) is 0 Å². The number of Topliss-reactive ketones (excluding diaryl/α,β-unsaturated/α-hetero) is 1. The topological polar surface area (TPSA) is 72.5 Å². The summed E-state index contributed by atoms with van der Waals surface area (Å²) in [5, 5.41) is 2.38. The van der Waals surface area contributed by atoms with Crippen LogP contribution in [0.1, 0.15) is 6.42 Å². The van der Waals surface area contributed by atoms with Crippen LogP contribution in [0.3, 0.4) is 0 Å². The molecule has 1 fully saturated rings. The van der Waals surface area contributed by atoms with Crippen molar-refractivity contribution in [2.75, 3.05) is 13.7 Å². The van der Waals surface area contributed by atoms with E-state index < -0.39 is 23.6 Å². The van der Waals surface area contributed by atoms with Crippen molar-refractivity contribution in [3.63, 3.8) is 0 Å². The molecular weight excluding hydrogens is 185 g/mol. The molecule has 0 atom stereocenters. The van der Waals surface area contributed by atoms with Gasteiger partial charge in [0.15, 0.2) is 5.97 Å². The summed E-state index contributed by atoms with van der Waals surface area (Å²) in [6, 6.07) is 0. The second kappa shape index (κ2) is 5.26. The molecule has 0 bridgehead atoms. The molecule has 0 aromatic heterocycles. The van der Waals surface area contributed by atoms with E-state index in [2.05, 4.69) is 10.1 Å². The molecule has 1 saturated heterocycles. The van der Waals surface area contributed by atoms with Gasteiger partial charge < -0.3 is 19.6 Å². The number of carbonyl (C=O) groups excluding carboxylic acids is 3. The van der Waals surface area contributed by atoms with Gasteiger partial charge >= 0.3 is 29.6 Å². The molecule has 1 aliphatic heterocycles. The molecule has 1 rings (SSSR count). The second-order valence-corrected chi connectivity index (χ2v) is 2.30. The van der Waals surface area contributed by atoms with Gasteiger partial charge in [-0.3, -0.25) is 4.79 Å². The average molecular weight is 193 g/mol. The fourth-order valence-corrected chi connectivity index (χ4v) is 0.938. The minimum Gasteiger partial charge on any atom is -0.490 e. The van der Waals surface area contributed by atoms with Crippen molar-refractivity contribution in [3.8, 4) is 0 Å². The zero-order valence-electron chi connectivity index (χ0n) is 7.55. The number of carbonyl (C=O) groups is 3. The van der Waals surface area contributed by atoms with E-state index in [1.165, 1.54) is 0 Å².